The molecule has 21 heavy (non-hydrogen) atoms. The molecule has 0 amide bonds. The Morgan fingerprint density at radius 2 is 1.90 bits per heavy atom. The lowest BCUT2D eigenvalue weighted by Crippen LogP contribution is -2.06. The summed E-state index contributed by atoms with van der Waals surface area (Å²) in [4.78, 5) is 3.66. The van der Waals surface area contributed by atoms with Gasteiger partial charge in [-0.1, -0.05) is 29.8 Å². The smallest absolute Gasteiger partial charge is 0.261 e. The van der Waals surface area contributed by atoms with Crippen molar-refractivity contribution in [3.63, 3.8) is 0 Å². The number of pyridine rings is 1. The summed E-state index contributed by atoms with van der Waals surface area (Å²) in [7, 11) is 0. The predicted molar refractivity (Wildman–Crippen MR) is 76.5 cm³/mol. The number of nitrogens with one attached hydrogen (secondary N) is 1. The SMILES string of the molecule is C/C(=N\Nc1ccc(C(F)(F)F)cn1)c1ccccc1Cl. The van der Waals surface area contributed by atoms with Crippen molar-refractivity contribution in [2.45, 2.75) is 13.1 Å². The average Bonchev–Trinajstić information content (AvgIpc) is 2.45. The van der Waals surface area contributed by atoms with E-state index in [2.05, 4.69) is 15.5 Å². The van der Waals surface area contributed by atoms with Gasteiger partial charge in [-0.2, -0.15) is 18.3 Å². The number of rotatable bonds is 3. The Kier molecular flexibility index (Phi) is 4.47. The van der Waals surface area contributed by atoms with Crippen molar-refractivity contribution in [2.75, 3.05) is 5.43 Å². The van der Waals surface area contributed by atoms with E-state index in [1.807, 2.05) is 6.07 Å². The fourth-order valence-electron chi connectivity index (χ4n) is 1.58. The molecule has 0 aliphatic rings. The van der Waals surface area contributed by atoms with E-state index in [1.165, 1.54) is 6.07 Å². The van der Waals surface area contributed by atoms with Crippen molar-refractivity contribution in [3.8, 4) is 0 Å². The number of alkyl halides is 3. The molecule has 0 unspecified atom stereocenters. The number of halogens is 4. The lowest BCUT2D eigenvalue weighted by Gasteiger charge is -2.07. The van der Waals surface area contributed by atoms with Gasteiger partial charge < -0.3 is 0 Å². The number of anilines is 1. The molecule has 3 nitrogen and oxygen atoms in total. The highest BCUT2D eigenvalue weighted by molar-refractivity contribution is 6.34. The predicted octanol–water partition coefficient (Wildman–Crippen LogP) is 4.59. The fourth-order valence-corrected chi connectivity index (χ4v) is 1.86. The summed E-state index contributed by atoms with van der Waals surface area (Å²) in [6, 6.07) is 9.29. The molecular weight excluding hydrogens is 303 g/mol. The second kappa shape index (κ2) is 6.13. The molecule has 0 bridgehead atoms. The number of aromatic nitrogens is 1. The third-order valence-electron chi connectivity index (χ3n) is 2.69. The van der Waals surface area contributed by atoms with Crippen molar-refractivity contribution in [1.82, 2.24) is 4.98 Å². The topological polar surface area (TPSA) is 37.3 Å². The van der Waals surface area contributed by atoms with Gasteiger partial charge in [-0.05, 0) is 25.1 Å². The van der Waals surface area contributed by atoms with Crippen LogP contribution in [-0.4, -0.2) is 10.7 Å². The van der Waals surface area contributed by atoms with Crippen molar-refractivity contribution in [1.29, 1.82) is 0 Å². The zero-order chi connectivity index (χ0) is 15.5. The van der Waals surface area contributed by atoms with Crippen LogP contribution in [0.3, 0.4) is 0 Å². The first kappa shape index (κ1) is 15.3. The number of hydrogen-bond acceptors (Lipinski definition) is 3. The average molecular weight is 314 g/mol. The van der Waals surface area contributed by atoms with Gasteiger partial charge in [-0.3, -0.25) is 5.43 Å². The van der Waals surface area contributed by atoms with Gasteiger partial charge in [0.2, 0.25) is 0 Å². The van der Waals surface area contributed by atoms with Crippen LogP contribution in [0, 0.1) is 0 Å². The van der Waals surface area contributed by atoms with Crippen LogP contribution in [-0.2, 0) is 6.18 Å². The molecule has 1 N–H and O–H groups in total. The molecule has 2 aromatic rings. The highest BCUT2D eigenvalue weighted by Gasteiger charge is 2.30. The molecule has 7 heteroatoms. The molecule has 0 radical (unpaired) electrons. The highest BCUT2D eigenvalue weighted by Crippen LogP contribution is 2.28. The molecule has 1 aromatic heterocycles. The molecule has 1 aromatic carbocycles. The number of hydrogen-bond donors (Lipinski definition) is 1. The summed E-state index contributed by atoms with van der Waals surface area (Å²) in [6.07, 6.45) is -3.65. The van der Waals surface area contributed by atoms with Gasteiger partial charge in [0.1, 0.15) is 5.82 Å². The summed E-state index contributed by atoms with van der Waals surface area (Å²) >= 11 is 6.02. The maximum absolute atomic E-state index is 12.4. The van der Waals surface area contributed by atoms with Crippen LogP contribution in [0.4, 0.5) is 19.0 Å². The third-order valence-corrected chi connectivity index (χ3v) is 3.02. The largest absolute Gasteiger partial charge is 0.417 e. The van der Waals surface area contributed by atoms with Crippen LogP contribution in [0.1, 0.15) is 18.1 Å². The number of hydrazone groups is 1. The maximum atomic E-state index is 12.4. The summed E-state index contributed by atoms with van der Waals surface area (Å²) < 4.78 is 37.2. The van der Waals surface area contributed by atoms with Crippen molar-refractivity contribution in [3.05, 3.63) is 58.7 Å². The molecule has 0 atom stereocenters. The molecule has 0 aliphatic heterocycles. The minimum Gasteiger partial charge on any atom is -0.261 e. The quantitative estimate of drug-likeness (QED) is 0.664. The zero-order valence-electron chi connectivity index (χ0n) is 10.9. The molecule has 110 valence electrons. The van der Waals surface area contributed by atoms with E-state index in [1.54, 1.807) is 25.1 Å². The highest BCUT2D eigenvalue weighted by atomic mass is 35.5. The monoisotopic (exact) mass is 313 g/mol. The Hall–Kier alpha value is -2.08. The molecule has 0 fully saturated rings. The van der Waals surface area contributed by atoms with Gasteiger partial charge in [0, 0.05) is 16.8 Å². The number of nitrogens with zero attached hydrogens (tertiary/aromatic N) is 2. The zero-order valence-corrected chi connectivity index (χ0v) is 11.7. The molecule has 0 saturated carbocycles. The summed E-state index contributed by atoms with van der Waals surface area (Å²) in [5, 5.41) is 4.60. The summed E-state index contributed by atoms with van der Waals surface area (Å²) in [5.74, 6) is 0.217. The van der Waals surface area contributed by atoms with Crippen molar-refractivity contribution in [2.24, 2.45) is 5.10 Å². The molecule has 1 heterocycles. The Labute approximate surface area is 124 Å². The normalized spacial score (nSPS) is 12.3. The number of benzene rings is 1. The van der Waals surface area contributed by atoms with E-state index in [0.717, 1.165) is 17.8 Å². The van der Waals surface area contributed by atoms with Crippen molar-refractivity contribution >= 4 is 23.1 Å². The molecular formula is C14H11ClF3N3. The van der Waals surface area contributed by atoms with E-state index in [0.29, 0.717) is 10.7 Å². The van der Waals surface area contributed by atoms with Crippen LogP contribution in [0.25, 0.3) is 0 Å². The maximum Gasteiger partial charge on any atom is 0.417 e. The fraction of sp³-hybridized carbons (Fsp3) is 0.143. The van der Waals surface area contributed by atoms with Crippen LogP contribution >= 0.6 is 11.6 Å². The molecule has 0 saturated heterocycles. The van der Waals surface area contributed by atoms with Gasteiger partial charge in [0.25, 0.3) is 0 Å². The first-order chi connectivity index (χ1) is 9.88. The van der Waals surface area contributed by atoms with E-state index < -0.39 is 11.7 Å². The van der Waals surface area contributed by atoms with Gasteiger partial charge in [-0.15, -0.1) is 0 Å². The van der Waals surface area contributed by atoms with E-state index >= 15 is 0 Å². The van der Waals surface area contributed by atoms with Gasteiger partial charge in [-0.25, -0.2) is 4.98 Å². The second-order valence-electron chi connectivity index (χ2n) is 4.22. The summed E-state index contributed by atoms with van der Waals surface area (Å²) in [6.45, 7) is 1.73. The first-order valence-electron chi connectivity index (χ1n) is 5.96. The van der Waals surface area contributed by atoms with Gasteiger partial charge in [0.15, 0.2) is 0 Å². The summed E-state index contributed by atoms with van der Waals surface area (Å²) in [5.41, 5.74) is 3.13. The van der Waals surface area contributed by atoms with Gasteiger partial charge in [0.05, 0.1) is 11.3 Å². The standard InChI is InChI=1S/C14H11ClF3N3/c1-9(11-4-2-3-5-12(11)15)20-21-13-7-6-10(8-19-13)14(16,17)18/h2-8H,1H3,(H,19,21)/b20-9+. The Morgan fingerprint density at radius 1 is 1.19 bits per heavy atom. The minimum atomic E-state index is -4.40. The van der Waals surface area contributed by atoms with Crippen LogP contribution in [0.2, 0.25) is 5.02 Å². The van der Waals surface area contributed by atoms with Gasteiger partial charge >= 0.3 is 6.18 Å². The molecule has 2 rings (SSSR count). The molecule has 0 spiro atoms. The second-order valence-corrected chi connectivity index (χ2v) is 4.63. The Morgan fingerprint density at radius 3 is 2.48 bits per heavy atom. The van der Waals surface area contributed by atoms with Crippen LogP contribution in [0.5, 0.6) is 0 Å². The van der Waals surface area contributed by atoms with Crippen molar-refractivity contribution < 1.29 is 13.2 Å². The first-order valence-corrected chi connectivity index (χ1v) is 6.34. The van der Waals surface area contributed by atoms with Crippen LogP contribution in [0.15, 0.2) is 47.7 Å². The Balaban J connectivity index is 2.12. The Bertz CT molecular complexity index is 651. The van der Waals surface area contributed by atoms with E-state index in [9.17, 15) is 13.2 Å². The van der Waals surface area contributed by atoms with E-state index in [4.69, 9.17) is 11.6 Å². The van der Waals surface area contributed by atoms with Crippen LogP contribution < -0.4 is 5.43 Å². The van der Waals surface area contributed by atoms with E-state index in [-0.39, 0.29) is 5.82 Å². The lowest BCUT2D eigenvalue weighted by molar-refractivity contribution is -0.137. The third kappa shape index (κ3) is 3.95. The minimum absolute atomic E-state index is 0.217. The lowest BCUT2D eigenvalue weighted by atomic mass is 10.1. The molecule has 0 aliphatic carbocycles.